The Labute approximate surface area is 231 Å². The Morgan fingerprint density at radius 1 is 1.10 bits per heavy atom. The number of rotatable bonds is 6. The second-order valence-corrected chi connectivity index (χ2v) is 10.5. The molecule has 1 aromatic heterocycles. The van der Waals surface area contributed by atoms with Crippen molar-refractivity contribution in [2.24, 2.45) is 5.92 Å². The number of anilines is 1. The highest BCUT2D eigenvalue weighted by Crippen LogP contribution is 2.45. The van der Waals surface area contributed by atoms with E-state index in [9.17, 15) is 24.2 Å². The van der Waals surface area contributed by atoms with Crippen molar-refractivity contribution in [1.29, 1.82) is 0 Å². The molecule has 5 rings (SSSR count). The molecule has 40 heavy (non-hydrogen) atoms. The van der Waals surface area contributed by atoms with Gasteiger partial charge < -0.3 is 29.0 Å². The molecule has 0 spiro atoms. The summed E-state index contributed by atoms with van der Waals surface area (Å²) in [6.45, 7) is 1.95. The topological polar surface area (TPSA) is 123 Å². The number of amides is 1. The maximum absolute atomic E-state index is 14.8. The molecule has 0 saturated heterocycles. The van der Waals surface area contributed by atoms with Crippen LogP contribution in [0.4, 0.5) is 14.9 Å². The maximum Gasteiger partial charge on any atom is 0.414 e. The van der Waals surface area contributed by atoms with Gasteiger partial charge in [-0.1, -0.05) is 6.42 Å². The zero-order chi connectivity index (χ0) is 28.7. The number of imidazole rings is 1. The molecule has 2 N–H and O–H groups in total. The number of methoxy groups -OCH3 is 3. The second-order valence-electron chi connectivity index (χ2n) is 10.5. The van der Waals surface area contributed by atoms with Crippen LogP contribution in [-0.2, 0) is 16.0 Å². The number of hydrogen-bond acceptors (Lipinski definition) is 7. The van der Waals surface area contributed by atoms with Crippen molar-refractivity contribution in [2.75, 3.05) is 26.2 Å². The first-order valence-corrected chi connectivity index (χ1v) is 13.4. The summed E-state index contributed by atoms with van der Waals surface area (Å²) in [5.41, 5.74) is 2.90. The van der Waals surface area contributed by atoms with Crippen LogP contribution in [-0.4, -0.2) is 59.2 Å². The molecule has 1 fully saturated rings. The Morgan fingerprint density at radius 3 is 2.55 bits per heavy atom. The number of aryl methyl sites for hydroxylation is 1. The van der Waals surface area contributed by atoms with Crippen molar-refractivity contribution in [3.63, 3.8) is 0 Å². The lowest BCUT2D eigenvalue weighted by Gasteiger charge is -2.34. The van der Waals surface area contributed by atoms with Crippen molar-refractivity contribution in [2.45, 2.75) is 63.6 Å². The Hall–Kier alpha value is -3.86. The molecule has 1 aliphatic carbocycles. The molecule has 4 atom stereocenters. The van der Waals surface area contributed by atoms with Gasteiger partial charge in [-0.25, -0.2) is 14.2 Å². The fourth-order valence-electron chi connectivity index (χ4n) is 6.32. The number of benzene rings is 2. The quantitative estimate of drug-likeness (QED) is 0.436. The van der Waals surface area contributed by atoms with Crippen LogP contribution in [0.5, 0.6) is 11.5 Å². The SMILES string of the molecule is COC(=O)N1c2ccc3c(nc(C(O)c4c(OC)ccc(F)c4OC)n3C3CCCC(C(=O)O)C3)c2CC[C@@H]1C. The van der Waals surface area contributed by atoms with Crippen LogP contribution < -0.4 is 14.4 Å². The summed E-state index contributed by atoms with van der Waals surface area (Å²) in [5.74, 6) is -1.76. The summed E-state index contributed by atoms with van der Waals surface area (Å²) in [6, 6.07) is 5.96. The van der Waals surface area contributed by atoms with Gasteiger partial charge in [-0.3, -0.25) is 9.69 Å². The third-order valence-corrected chi connectivity index (χ3v) is 8.26. The maximum atomic E-state index is 14.8. The summed E-state index contributed by atoms with van der Waals surface area (Å²) in [4.78, 5) is 31.1. The van der Waals surface area contributed by atoms with Gasteiger partial charge in [0.25, 0.3) is 0 Å². The lowest BCUT2D eigenvalue weighted by Crippen LogP contribution is -2.42. The summed E-state index contributed by atoms with van der Waals surface area (Å²) in [6.07, 6.45) is 1.72. The number of ether oxygens (including phenoxy) is 3. The minimum atomic E-state index is -1.45. The highest BCUT2D eigenvalue weighted by molar-refractivity contribution is 5.95. The van der Waals surface area contributed by atoms with Gasteiger partial charge in [0.15, 0.2) is 11.6 Å². The molecular weight excluding hydrogens is 521 g/mol. The third kappa shape index (κ3) is 4.51. The molecule has 1 aliphatic heterocycles. The van der Waals surface area contributed by atoms with Gasteiger partial charge in [-0.2, -0.15) is 0 Å². The Morgan fingerprint density at radius 2 is 1.88 bits per heavy atom. The number of nitrogens with zero attached hydrogens (tertiary/aromatic N) is 3. The molecule has 2 aromatic carbocycles. The Kier molecular flexibility index (Phi) is 7.59. The van der Waals surface area contributed by atoms with Crippen LogP contribution in [0.1, 0.15) is 68.1 Å². The van der Waals surface area contributed by atoms with Crippen LogP contribution in [0.25, 0.3) is 11.0 Å². The number of fused-ring (bicyclic) bond motifs is 3. The van der Waals surface area contributed by atoms with Gasteiger partial charge in [0.1, 0.15) is 17.7 Å². The Bertz CT molecular complexity index is 1460. The fraction of sp³-hybridized carbons (Fsp3) is 0.483. The standard InChI is InChI=1S/C29H34FN3O7/c1-15-8-9-18-20(32(15)29(37)40-4)11-12-21-24(18)31-27(33(21)17-7-5-6-16(14-17)28(35)36)25(34)23-22(38-2)13-10-19(30)26(23)39-3/h10-13,15-17,25,34H,5-9,14H2,1-4H3,(H,35,36)/t15-,16?,17?,25?/m0/s1. The highest BCUT2D eigenvalue weighted by atomic mass is 19.1. The molecule has 0 radical (unpaired) electrons. The molecule has 214 valence electrons. The smallest absolute Gasteiger partial charge is 0.414 e. The largest absolute Gasteiger partial charge is 0.496 e. The number of hydrogen-bond donors (Lipinski definition) is 2. The Balaban J connectivity index is 1.75. The molecule has 2 aliphatic rings. The first-order valence-electron chi connectivity index (χ1n) is 13.4. The fourth-order valence-corrected chi connectivity index (χ4v) is 6.32. The van der Waals surface area contributed by atoms with E-state index in [1.54, 1.807) is 4.90 Å². The first-order chi connectivity index (χ1) is 19.2. The monoisotopic (exact) mass is 555 g/mol. The van der Waals surface area contributed by atoms with Crippen LogP contribution in [0.15, 0.2) is 24.3 Å². The van der Waals surface area contributed by atoms with Crippen molar-refractivity contribution in [3.05, 3.63) is 47.0 Å². The average molecular weight is 556 g/mol. The van der Waals surface area contributed by atoms with Gasteiger partial charge in [0, 0.05) is 17.6 Å². The van der Waals surface area contributed by atoms with Crippen molar-refractivity contribution in [1.82, 2.24) is 9.55 Å². The molecule has 1 amide bonds. The van der Waals surface area contributed by atoms with E-state index in [2.05, 4.69) is 0 Å². The van der Waals surface area contributed by atoms with Crippen LogP contribution in [0.3, 0.4) is 0 Å². The summed E-state index contributed by atoms with van der Waals surface area (Å²) < 4.78 is 32.6. The van der Waals surface area contributed by atoms with Crippen LogP contribution >= 0.6 is 0 Å². The van der Waals surface area contributed by atoms with Crippen molar-refractivity contribution < 1.29 is 38.4 Å². The lowest BCUT2D eigenvalue weighted by atomic mass is 9.85. The number of carbonyl (C=O) groups excluding carboxylic acids is 1. The van der Waals surface area contributed by atoms with E-state index >= 15 is 0 Å². The summed E-state index contributed by atoms with van der Waals surface area (Å²) >= 11 is 0. The number of aliphatic hydroxyl groups is 1. The molecule has 2 heterocycles. The third-order valence-electron chi connectivity index (χ3n) is 8.26. The van der Waals surface area contributed by atoms with Gasteiger partial charge in [-0.15, -0.1) is 0 Å². The molecule has 10 nitrogen and oxygen atoms in total. The predicted octanol–water partition coefficient (Wildman–Crippen LogP) is 5.00. The molecule has 11 heteroatoms. The number of aliphatic hydroxyl groups excluding tert-OH is 1. The minimum Gasteiger partial charge on any atom is -0.496 e. The molecular formula is C29H34FN3O7. The number of carboxylic acid groups (broad SMARTS) is 1. The zero-order valence-electron chi connectivity index (χ0n) is 23.0. The number of carbonyl (C=O) groups is 2. The minimum absolute atomic E-state index is 0.0833. The molecule has 1 saturated carbocycles. The number of aliphatic carboxylic acids is 1. The first kappa shape index (κ1) is 27.7. The average Bonchev–Trinajstić information content (AvgIpc) is 3.36. The second kappa shape index (κ2) is 11.0. The van der Waals surface area contributed by atoms with Gasteiger partial charge in [0.2, 0.25) is 0 Å². The van der Waals surface area contributed by atoms with Crippen molar-refractivity contribution in [3.8, 4) is 11.5 Å². The van der Waals surface area contributed by atoms with Crippen molar-refractivity contribution >= 4 is 28.8 Å². The van der Waals surface area contributed by atoms with Crippen LogP contribution in [0.2, 0.25) is 0 Å². The number of halogens is 1. The number of carboxylic acids is 1. The van der Waals surface area contributed by atoms with E-state index in [-0.39, 0.29) is 35.0 Å². The van der Waals surface area contributed by atoms with Crippen LogP contribution in [0, 0.1) is 11.7 Å². The van der Waals surface area contributed by atoms with E-state index in [0.717, 1.165) is 5.56 Å². The predicted molar refractivity (Wildman–Crippen MR) is 145 cm³/mol. The van der Waals surface area contributed by atoms with Gasteiger partial charge in [0.05, 0.1) is 49.5 Å². The van der Waals surface area contributed by atoms with Gasteiger partial charge in [-0.05, 0) is 63.3 Å². The summed E-state index contributed by atoms with van der Waals surface area (Å²) in [7, 11) is 4.07. The van der Waals surface area contributed by atoms with E-state index in [1.807, 2.05) is 23.6 Å². The van der Waals surface area contributed by atoms with E-state index in [4.69, 9.17) is 19.2 Å². The number of aromatic nitrogens is 2. The van der Waals surface area contributed by atoms with E-state index in [1.165, 1.54) is 33.5 Å². The molecule has 0 bridgehead atoms. The van der Waals surface area contributed by atoms with E-state index < -0.39 is 29.9 Å². The summed E-state index contributed by atoms with van der Waals surface area (Å²) in [5, 5.41) is 21.6. The van der Waals surface area contributed by atoms with E-state index in [0.29, 0.717) is 55.2 Å². The highest BCUT2D eigenvalue weighted by Gasteiger charge is 2.37. The zero-order valence-corrected chi connectivity index (χ0v) is 23.0. The van der Waals surface area contributed by atoms with Gasteiger partial charge >= 0.3 is 12.1 Å². The molecule has 3 unspecified atom stereocenters. The normalized spacial score (nSPS) is 21.6. The molecule has 3 aromatic rings. The lowest BCUT2D eigenvalue weighted by molar-refractivity contribution is -0.143.